The Hall–Kier alpha value is -5.98. The van der Waals surface area contributed by atoms with Gasteiger partial charge in [-0.25, -0.2) is 0 Å². The number of rotatable bonds is 4. The maximum Gasteiger partial charge on any atom is 0.0629 e. The van der Waals surface area contributed by atoms with E-state index in [1.165, 1.54) is 10.8 Å². The summed E-state index contributed by atoms with van der Waals surface area (Å²) in [6, 6.07) is 50.8. The lowest BCUT2D eigenvalue weighted by atomic mass is 9.82. The van der Waals surface area contributed by atoms with E-state index in [0.29, 0.717) is 5.56 Å². The van der Waals surface area contributed by atoms with E-state index in [0.717, 1.165) is 65.7 Å². The van der Waals surface area contributed by atoms with E-state index < -0.39 is 6.04 Å². The summed E-state index contributed by atoms with van der Waals surface area (Å²) in [4.78, 5) is 0. The molecule has 0 heterocycles. The van der Waals surface area contributed by atoms with E-state index >= 15 is 0 Å². The zero-order chi connectivity index (χ0) is 34.8. The van der Waals surface area contributed by atoms with Gasteiger partial charge < -0.3 is 0 Å². The molecule has 0 radical (unpaired) electrons. The van der Waals surface area contributed by atoms with Crippen molar-refractivity contribution < 1.29 is 6.85 Å². The summed E-state index contributed by atoms with van der Waals surface area (Å²) < 4.78 is 43.8. The van der Waals surface area contributed by atoms with Crippen molar-refractivity contribution >= 4 is 43.1 Å². The van der Waals surface area contributed by atoms with Gasteiger partial charge in [0.1, 0.15) is 0 Å². The number of fused-ring (bicyclic) bond motifs is 4. The van der Waals surface area contributed by atoms with Gasteiger partial charge in [-0.2, -0.15) is 0 Å². The van der Waals surface area contributed by atoms with Crippen LogP contribution in [0, 0.1) is 0 Å². The summed E-state index contributed by atoms with van der Waals surface area (Å²) in [6.07, 6.45) is 0. The lowest BCUT2D eigenvalue weighted by Crippen LogP contribution is -1.94. The molecule has 0 aliphatic rings. The van der Waals surface area contributed by atoms with Crippen molar-refractivity contribution in [3.05, 3.63) is 182 Å². The molecule has 0 spiro atoms. The van der Waals surface area contributed by atoms with Crippen LogP contribution in [0.2, 0.25) is 0 Å². The molecule has 0 aliphatic heterocycles. The van der Waals surface area contributed by atoms with E-state index in [-0.39, 0.29) is 29.7 Å². The summed E-state index contributed by atoms with van der Waals surface area (Å²) >= 11 is 0. The molecule has 46 heavy (non-hydrogen) atoms. The van der Waals surface area contributed by atoms with Gasteiger partial charge in [-0.05, 0) is 99.7 Å². The Labute approximate surface area is 275 Å². The lowest BCUT2D eigenvalue weighted by Gasteiger charge is -2.21. The topological polar surface area (TPSA) is 0 Å². The molecule has 0 N–H and O–H groups in total. The minimum atomic E-state index is -0.406. The minimum Gasteiger partial charge on any atom is -0.0622 e. The van der Waals surface area contributed by atoms with Gasteiger partial charge in [0, 0.05) is 0 Å². The van der Waals surface area contributed by atoms with Gasteiger partial charge in [-0.3, -0.25) is 0 Å². The van der Waals surface area contributed by atoms with E-state index in [2.05, 4.69) is 121 Å². The molecule has 214 valence electrons. The van der Waals surface area contributed by atoms with Crippen LogP contribution < -0.4 is 0 Å². The van der Waals surface area contributed by atoms with Gasteiger partial charge >= 0.3 is 0 Å². The zero-order valence-electron chi connectivity index (χ0n) is 29.9. The quantitative estimate of drug-likeness (QED) is 0.180. The third-order valence-electron chi connectivity index (χ3n) is 9.13. The summed E-state index contributed by atoms with van der Waals surface area (Å²) in [5, 5.41) is 8.76. The third kappa shape index (κ3) is 4.30. The minimum absolute atomic E-state index is 0.185. The Morgan fingerprint density at radius 2 is 0.826 bits per heavy atom. The van der Waals surface area contributed by atoms with Crippen LogP contribution in [0.25, 0.3) is 87.6 Å². The first-order valence-corrected chi connectivity index (χ1v) is 15.5. The van der Waals surface area contributed by atoms with Crippen LogP contribution in [-0.2, 0) is 0 Å². The van der Waals surface area contributed by atoms with Crippen LogP contribution in [0.5, 0.6) is 0 Å². The molecule has 0 heteroatoms. The lowest BCUT2D eigenvalue weighted by molar-refractivity contribution is 1.59. The van der Waals surface area contributed by atoms with Crippen molar-refractivity contribution in [2.75, 3.05) is 0 Å². The molecule has 9 rings (SSSR count). The first-order chi connectivity index (χ1) is 24.9. The Kier molecular flexibility index (Phi) is 5.12. The molecule has 0 atom stereocenters. The van der Waals surface area contributed by atoms with Crippen molar-refractivity contribution in [2.45, 2.75) is 0 Å². The summed E-state index contributed by atoms with van der Waals surface area (Å²) in [5.41, 5.74) is 6.69. The van der Waals surface area contributed by atoms with E-state index in [1.54, 1.807) is 0 Å². The van der Waals surface area contributed by atoms with Crippen LogP contribution >= 0.6 is 0 Å². The molecule has 0 saturated carbocycles. The number of hydrogen-bond donors (Lipinski definition) is 0. The molecule has 0 bridgehead atoms. The van der Waals surface area contributed by atoms with Gasteiger partial charge in [0.15, 0.2) is 0 Å². The summed E-state index contributed by atoms with van der Waals surface area (Å²) in [6.45, 7) is 0. The van der Waals surface area contributed by atoms with Crippen molar-refractivity contribution in [3.63, 3.8) is 0 Å². The highest BCUT2D eigenvalue weighted by molar-refractivity contribution is 6.24. The number of hydrogen-bond acceptors (Lipinski definition) is 0. The van der Waals surface area contributed by atoms with Crippen molar-refractivity contribution in [1.29, 1.82) is 0 Å². The first kappa shape index (κ1) is 21.7. The van der Waals surface area contributed by atoms with Crippen LogP contribution in [0.1, 0.15) is 6.85 Å². The van der Waals surface area contributed by atoms with Gasteiger partial charge in [-0.15, -0.1) is 0 Å². The van der Waals surface area contributed by atoms with Crippen molar-refractivity contribution in [1.82, 2.24) is 0 Å². The molecule has 0 aromatic heterocycles. The molecular weight excluding hydrogens is 553 g/mol. The predicted molar refractivity (Wildman–Crippen MR) is 198 cm³/mol. The first-order valence-electron chi connectivity index (χ1n) is 18.0. The molecule has 0 unspecified atom stereocenters. The van der Waals surface area contributed by atoms with Gasteiger partial charge in [-0.1, -0.05) is 170 Å². The average molecular weight is 588 g/mol. The second-order valence-electron chi connectivity index (χ2n) is 11.7. The molecule has 0 amide bonds. The standard InChI is InChI=1S/C46H30/c1-2-14-33(15-3-1)44-30-36(35-26-25-31-13-4-5-17-34(31)29-35)27-28-43(44)46-41-22-10-8-20-39(41)45(40-21-9-11-23-42(40)46)38-24-12-18-32-16-6-7-19-37(32)38/h1-30H/i1D,2D,3D,14D,15D. The predicted octanol–water partition coefficient (Wildman–Crippen LogP) is 13.0. The largest absolute Gasteiger partial charge is 0.0629 e. The fraction of sp³-hybridized carbons (Fsp3) is 0. The second kappa shape index (κ2) is 10.9. The smallest absolute Gasteiger partial charge is 0.0622 e. The monoisotopic (exact) mass is 587 g/mol. The van der Waals surface area contributed by atoms with Crippen LogP contribution in [0.4, 0.5) is 0 Å². The average Bonchev–Trinajstić information content (AvgIpc) is 3.18. The van der Waals surface area contributed by atoms with Gasteiger partial charge in [0.2, 0.25) is 0 Å². The van der Waals surface area contributed by atoms with Gasteiger partial charge in [0.25, 0.3) is 0 Å². The highest BCUT2D eigenvalue weighted by atomic mass is 14.2. The van der Waals surface area contributed by atoms with Crippen molar-refractivity contribution in [2.24, 2.45) is 0 Å². The van der Waals surface area contributed by atoms with Crippen LogP contribution in [0.3, 0.4) is 0 Å². The molecule has 0 aliphatic carbocycles. The Morgan fingerprint density at radius 3 is 1.52 bits per heavy atom. The van der Waals surface area contributed by atoms with E-state index in [1.807, 2.05) is 30.3 Å². The Morgan fingerprint density at radius 1 is 0.304 bits per heavy atom. The maximum absolute atomic E-state index is 9.09. The molecule has 9 aromatic carbocycles. The zero-order valence-corrected chi connectivity index (χ0v) is 24.9. The maximum atomic E-state index is 9.09. The second-order valence-corrected chi connectivity index (χ2v) is 11.7. The molecule has 9 aromatic rings. The van der Waals surface area contributed by atoms with Crippen LogP contribution in [0.15, 0.2) is 182 Å². The Bertz CT molecular complexity index is 2780. The fourth-order valence-electron chi connectivity index (χ4n) is 7.05. The SMILES string of the molecule is [2H]c1c([2H])c([2H])c(-c2cc(-c3ccc4ccccc4c3)ccc2-c2c3ccccc3c(-c3cccc4ccccc34)c3ccccc23)c([2H])c1[2H]. The molecule has 0 nitrogen and oxygen atoms in total. The van der Waals surface area contributed by atoms with Crippen LogP contribution in [-0.4, -0.2) is 0 Å². The summed E-state index contributed by atoms with van der Waals surface area (Å²) in [5.74, 6) is 0. The van der Waals surface area contributed by atoms with E-state index in [4.69, 9.17) is 6.85 Å². The molecular formula is C46H30. The summed E-state index contributed by atoms with van der Waals surface area (Å²) in [7, 11) is 0. The van der Waals surface area contributed by atoms with Gasteiger partial charge in [0.05, 0.1) is 6.85 Å². The third-order valence-corrected chi connectivity index (χ3v) is 9.13. The van der Waals surface area contributed by atoms with Crippen molar-refractivity contribution in [3.8, 4) is 44.5 Å². The normalized spacial score (nSPS) is 13.0. The highest BCUT2D eigenvalue weighted by Gasteiger charge is 2.20. The number of benzene rings is 9. The molecule has 0 saturated heterocycles. The fourth-order valence-corrected chi connectivity index (χ4v) is 7.05. The highest BCUT2D eigenvalue weighted by Crippen LogP contribution is 2.47. The molecule has 0 fully saturated rings. The van der Waals surface area contributed by atoms with E-state index in [9.17, 15) is 0 Å². The Balaban J connectivity index is 1.41.